The van der Waals surface area contributed by atoms with Crippen LogP contribution in [0.1, 0.15) is 29.6 Å². The minimum absolute atomic E-state index is 0. The molecule has 1 heterocycles. The molecule has 1 aliphatic rings. The molecule has 3 N–H and O–H groups in total. The van der Waals surface area contributed by atoms with Gasteiger partial charge in [0.25, 0.3) is 5.91 Å². The van der Waals surface area contributed by atoms with E-state index in [0.29, 0.717) is 23.4 Å². The van der Waals surface area contributed by atoms with E-state index in [9.17, 15) is 9.59 Å². The highest BCUT2D eigenvalue weighted by Crippen LogP contribution is 2.26. The second-order valence-electron chi connectivity index (χ2n) is 5.04. The Kier molecular flexibility index (Phi) is 7.14. The van der Waals surface area contributed by atoms with Crippen molar-refractivity contribution in [1.29, 1.82) is 0 Å². The van der Waals surface area contributed by atoms with Crippen molar-refractivity contribution in [3.63, 3.8) is 0 Å². The van der Waals surface area contributed by atoms with Gasteiger partial charge in [-0.25, -0.2) is 0 Å². The van der Waals surface area contributed by atoms with E-state index < -0.39 is 0 Å². The van der Waals surface area contributed by atoms with Crippen LogP contribution in [0.4, 0.5) is 5.69 Å². The molecule has 2 rings (SSSR count). The third-order valence-corrected chi connectivity index (χ3v) is 3.56. The van der Waals surface area contributed by atoms with Gasteiger partial charge >= 0.3 is 0 Å². The Labute approximate surface area is 136 Å². The quantitative estimate of drug-likeness (QED) is 0.766. The highest BCUT2D eigenvalue weighted by Gasteiger charge is 2.19. The standard InChI is InChI=1S/C15H21N3O3.ClH/c1-16-15(20)10-5-6-13(21-2)12(8-10)18-14(19)9-11-4-3-7-17-11;/h5-6,8,11,17H,3-4,7,9H2,1-2H3,(H,16,20)(H,18,19);1H. The Balaban J connectivity index is 0.00000242. The van der Waals surface area contributed by atoms with Gasteiger partial charge in [0.1, 0.15) is 5.75 Å². The zero-order chi connectivity index (χ0) is 15.2. The van der Waals surface area contributed by atoms with Gasteiger partial charge in [-0.15, -0.1) is 12.4 Å². The van der Waals surface area contributed by atoms with Crippen molar-refractivity contribution in [2.75, 3.05) is 26.0 Å². The molecule has 0 radical (unpaired) electrons. The first-order chi connectivity index (χ1) is 10.1. The number of anilines is 1. The van der Waals surface area contributed by atoms with E-state index >= 15 is 0 Å². The monoisotopic (exact) mass is 327 g/mol. The molecule has 1 atom stereocenters. The molecule has 0 aromatic heterocycles. The van der Waals surface area contributed by atoms with Crippen molar-refractivity contribution < 1.29 is 14.3 Å². The Morgan fingerprint density at radius 3 is 2.77 bits per heavy atom. The summed E-state index contributed by atoms with van der Waals surface area (Å²) in [5.41, 5.74) is 0.995. The van der Waals surface area contributed by atoms with Crippen LogP contribution < -0.4 is 20.7 Å². The van der Waals surface area contributed by atoms with E-state index in [-0.39, 0.29) is 30.3 Å². The first-order valence-corrected chi connectivity index (χ1v) is 7.07. The molecule has 1 fully saturated rings. The number of amides is 2. The van der Waals surface area contributed by atoms with Crippen LogP contribution in [-0.2, 0) is 4.79 Å². The minimum Gasteiger partial charge on any atom is -0.495 e. The van der Waals surface area contributed by atoms with E-state index in [4.69, 9.17) is 4.74 Å². The number of ether oxygens (including phenoxy) is 1. The molecule has 122 valence electrons. The number of hydrogen-bond acceptors (Lipinski definition) is 4. The zero-order valence-corrected chi connectivity index (χ0v) is 13.6. The molecule has 6 nitrogen and oxygen atoms in total. The van der Waals surface area contributed by atoms with Crippen LogP contribution in [0.5, 0.6) is 5.75 Å². The number of rotatable bonds is 5. The van der Waals surface area contributed by atoms with Crippen molar-refractivity contribution >= 4 is 29.9 Å². The van der Waals surface area contributed by atoms with E-state index in [1.54, 1.807) is 25.2 Å². The predicted molar refractivity (Wildman–Crippen MR) is 87.9 cm³/mol. The second-order valence-corrected chi connectivity index (χ2v) is 5.04. The first-order valence-electron chi connectivity index (χ1n) is 7.07. The minimum atomic E-state index is -0.203. The number of nitrogens with one attached hydrogen (secondary N) is 3. The van der Waals surface area contributed by atoms with Gasteiger partial charge in [0.15, 0.2) is 0 Å². The largest absolute Gasteiger partial charge is 0.495 e. The van der Waals surface area contributed by atoms with Crippen LogP contribution in [0.3, 0.4) is 0 Å². The summed E-state index contributed by atoms with van der Waals surface area (Å²) in [5, 5.41) is 8.66. The Hall–Kier alpha value is -1.79. The van der Waals surface area contributed by atoms with E-state index in [0.717, 1.165) is 19.4 Å². The van der Waals surface area contributed by atoms with Crippen molar-refractivity contribution in [3.05, 3.63) is 23.8 Å². The first kappa shape index (κ1) is 18.3. The van der Waals surface area contributed by atoms with Crippen LogP contribution in [0.25, 0.3) is 0 Å². The molecule has 0 bridgehead atoms. The molecule has 1 unspecified atom stereocenters. The number of methoxy groups -OCH3 is 1. The van der Waals surface area contributed by atoms with Crippen molar-refractivity contribution in [2.24, 2.45) is 0 Å². The second kappa shape index (κ2) is 8.60. The molecule has 0 aliphatic carbocycles. The van der Waals surface area contributed by atoms with Crippen LogP contribution in [0.2, 0.25) is 0 Å². The average molecular weight is 328 g/mol. The highest BCUT2D eigenvalue weighted by atomic mass is 35.5. The molecule has 1 aliphatic heterocycles. The SMILES string of the molecule is CNC(=O)c1ccc(OC)c(NC(=O)CC2CCCN2)c1.Cl. The summed E-state index contributed by atoms with van der Waals surface area (Å²) in [6, 6.07) is 5.19. The fourth-order valence-corrected chi connectivity index (χ4v) is 2.45. The predicted octanol–water partition coefficient (Wildman–Crippen LogP) is 1.56. The summed E-state index contributed by atoms with van der Waals surface area (Å²) < 4.78 is 5.22. The molecule has 1 aromatic rings. The lowest BCUT2D eigenvalue weighted by Crippen LogP contribution is -2.27. The third kappa shape index (κ3) is 4.61. The smallest absolute Gasteiger partial charge is 0.251 e. The summed E-state index contributed by atoms with van der Waals surface area (Å²) >= 11 is 0. The average Bonchev–Trinajstić information content (AvgIpc) is 2.99. The molecular formula is C15H22ClN3O3. The van der Waals surface area contributed by atoms with Crippen molar-refractivity contribution in [1.82, 2.24) is 10.6 Å². The Morgan fingerprint density at radius 2 is 2.18 bits per heavy atom. The maximum Gasteiger partial charge on any atom is 0.251 e. The lowest BCUT2D eigenvalue weighted by molar-refractivity contribution is -0.116. The summed E-state index contributed by atoms with van der Waals surface area (Å²) in [4.78, 5) is 23.7. The molecule has 22 heavy (non-hydrogen) atoms. The fraction of sp³-hybridized carbons (Fsp3) is 0.467. The van der Waals surface area contributed by atoms with Crippen molar-refractivity contribution in [3.8, 4) is 5.75 Å². The Morgan fingerprint density at radius 1 is 1.41 bits per heavy atom. The van der Waals surface area contributed by atoms with Crippen LogP contribution >= 0.6 is 12.4 Å². The summed E-state index contributed by atoms with van der Waals surface area (Å²) in [6.07, 6.45) is 2.55. The lowest BCUT2D eigenvalue weighted by atomic mass is 10.1. The van der Waals surface area contributed by atoms with Crippen molar-refractivity contribution in [2.45, 2.75) is 25.3 Å². The van der Waals surface area contributed by atoms with Gasteiger partial charge in [-0.05, 0) is 37.6 Å². The maximum atomic E-state index is 12.1. The number of hydrogen-bond donors (Lipinski definition) is 3. The molecular weight excluding hydrogens is 306 g/mol. The fourth-order valence-electron chi connectivity index (χ4n) is 2.45. The van der Waals surface area contributed by atoms with Gasteiger partial charge in [-0.3, -0.25) is 9.59 Å². The molecule has 2 amide bonds. The number of benzene rings is 1. The van der Waals surface area contributed by atoms with Gasteiger partial charge in [0.05, 0.1) is 12.8 Å². The van der Waals surface area contributed by atoms with Gasteiger partial charge in [-0.2, -0.15) is 0 Å². The van der Waals surface area contributed by atoms with Gasteiger partial charge < -0.3 is 20.7 Å². The number of halogens is 1. The highest BCUT2D eigenvalue weighted by molar-refractivity contribution is 5.98. The number of carbonyl (C=O) groups excluding carboxylic acids is 2. The maximum absolute atomic E-state index is 12.1. The van der Waals surface area contributed by atoms with Gasteiger partial charge in [0, 0.05) is 25.1 Å². The zero-order valence-electron chi connectivity index (χ0n) is 12.8. The van der Waals surface area contributed by atoms with Gasteiger partial charge in [0.2, 0.25) is 5.91 Å². The lowest BCUT2D eigenvalue weighted by Gasteiger charge is -2.14. The molecule has 1 aromatic carbocycles. The summed E-state index contributed by atoms with van der Waals surface area (Å²) in [6.45, 7) is 0.966. The Bertz CT molecular complexity index is 531. The van der Waals surface area contributed by atoms with E-state index in [1.807, 2.05) is 0 Å². The molecule has 1 saturated heterocycles. The topological polar surface area (TPSA) is 79.5 Å². The van der Waals surface area contributed by atoms with Crippen LogP contribution in [-0.4, -0.2) is 38.6 Å². The summed E-state index contributed by atoms with van der Waals surface area (Å²) in [7, 11) is 3.10. The normalized spacial score (nSPS) is 16.5. The van der Waals surface area contributed by atoms with Crippen LogP contribution in [0, 0.1) is 0 Å². The third-order valence-electron chi connectivity index (χ3n) is 3.56. The van der Waals surface area contributed by atoms with E-state index in [1.165, 1.54) is 7.11 Å². The molecule has 0 saturated carbocycles. The molecule has 0 spiro atoms. The number of carbonyl (C=O) groups is 2. The van der Waals surface area contributed by atoms with Crippen LogP contribution in [0.15, 0.2) is 18.2 Å². The van der Waals surface area contributed by atoms with E-state index in [2.05, 4.69) is 16.0 Å². The van der Waals surface area contributed by atoms with Gasteiger partial charge in [-0.1, -0.05) is 0 Å². The molecule has 7 heteroatoms. The summed E-state index contributed by atoms with van der Waals surface area (Å²) in [5.74, 6) is 0.253.